The van der Waals surface area contributed by atoms with Crippen LogP contribution in [0.2, 0.25) is 0 Å². The molecule has 2 N–H and O–H groups in total. The highest BCUT2D eigenvalue weighted by Gasteiger charge is 2.21. The minimum atomic E-state index is 0. The second kappa shape index (κ2) is 12.9. The zero-order valence-electron chi connectivity index (χ0n) is 18.6. The molecule has 2 heterocycles. The van der Waals surface area contributed by atoms with Crippen molar-refractivity contribution >= 4 is 29.9 Å². The van der Waals surface area contributed by atoms with Crippen LogP contribution in [0.5, 0.6) is 0 Å². The van der Waals surface area contributed by atoms with E-state index in [4.69, 9.17) is 4.99 Å². The van der Waals surface area contributed by atoms with Crippen molar-refractivity contribution in [2.45, 2.75) is 52.7 Å². The maximum Gasteiger partial charge on any atom is 0.191 e. The quantitative estimate of drug-likeness (QED) is 0.314. The molecule has 0 bridgehead atoms. The van der Waals surface area contributed by atoms with Gasteiger partial charge in [0.1, 0.15) is 0 Å². The molecule has 1 aliphatic heterocycles. The van der Waals surface area contributed by atoms with E-state index in [0.717, 1.165) is 25.6 Å². The van der Waals surface area contributed by atoms with Crippen molar-refractivity contribution in [1.29, 1.82) is 0 Å². The van der Waals surface area contributed by atoms with E-state index < -0.39 is 0 Å². The number of guanidine groups is 1. The number of nitrogens with one attached hydrogen (secondary N) is 2. The summed E-state index contributed by atoms with van der Waals surface area (Å²) in [7, 11) is 0. The van der Waals surface area contributed by atoms with Crippen molar-refractivity contribution in [3.63, 3.8) is 0 Å². The van der Waals surface area contributed by atoms with Crippen molar-refractivity contribution in [3.8, 4) is 0 Å². The first-order chi connectivity index (χ1) is 14.2. The Morgan fingerprint density at radius 2 is 2.00 bits per heavy atom. The van der Waals surface area contributed by atoms with E-state index >= 15 is 0 Å². The molecule has 2 aromatic rings. The van der Waals surface area contributed by atoms with Crippen LogP contribution in [0.15, 0.2) is 47.7 Å². The summed E-state index contributed by atoms with van der Waals surface area (Å²) in [6, 6.07) is 11.1. The Bertz CT molecular complexity index is 759. The number of nitrogens with zero attached hydrogens (tertiary/aromatic N) is 4. The maximum atomic E-state index is 4.86. The molecule has 0 spiro atoms. The predicted octanol–water partition coefficient (Wildman–Crippen LogP) is 3.72. The first kappa shape index (κ1) is 24.7. The molecule has 7 heteroatoms. The Kier molecular flexibility index (Phi) is 10.6. The van der Waals surface area contributed by atoms with Crippen LogP contribution in [0.4, 0.5) is 0 Å². The molecule has 6 nitrogen and oxygen atoms in total. The van der Waals surface area contributed by atoms with Crippen LogP contribution in [-0.2, 0) is 13.1 Å². The maximum absolute atomic E-state index is 4.86. The molecule has 1 aromatic heterocycles. The van der Waals surface area contributed by atoms with Gasteiger partial charge in [-0.1, -0.05) is 24.3 Å². The smallest absolute Gasteiger partial charge is 0.191 e. The van der Waals surface area contributed by atoms with Crippen molar-refractivity contribution in [3.05, 3.63) is 53.9 Å². The Morgan fingerprint density at radius 3 is 2.70 bits per heavy atom. The fraction of sp³-hybridized carbons (Fsp3) is 0.565. The van der Waals surface area contributed by atoms with E-state index in [1.165, 1.54) is 37.1 Å². The van der Waals surface area contributed by atoms with Gasteiger partial charge in [-0.3, -0.25) is 4.68 Å². The third-order valence-electron chi connectivity index (χ3n) is 5.60. The number of rotatable bonds is 8. The molecule has 1 atom stereocenters. The highest BCUT2D eigenvalue weighted by atomic mass is 127. The second-order valence-corrected chi connectivity index (χ2v) is 8.15. The topological polar surface area (TPSA) is 57.5 Å². The Hall–Kier alpha value is -1.61. The molecule has 0 radical (unpaired) electrons. The van der Waals surface area contributed by atoms with Crippen molar-refractivity contribution in [2.75, 3.05) is 26.2 Å². The van der Waals surface area contributed by atoms with E-state index in [2.05, 4.69) is 65.7 Å². The molecule has 166 valence electrons. The monoisotopic (exact) mass is 524 g/mol. The summed E-state index contributed by atoms with van der Waals surface area (Å²) in [6.07, 6.45) is 6.40. The summed E-state index contributed by atoms with van der Waals surface area (Å²) >= 11 is 0. The molecule has 1 unspecified atom stereocenters. The van der Waals surface area contributed by atoms with Crippen molar-refractivity contribution < 1.29 is 0 Å². The third-order valence-corrected chi connectivity index (χ3v) is 5.60. The average Bonchev–Trinajstić information content (AvgIpc) is 3.24. The number of benzene rings is 1. The third kappa shape index (κ3) is 7.58. The fourth-order valence-corrected chi connectivity index (χ4v) is 3.91. The highest BCUT2D eigenvalue weighted by Crippen LogP contribution is 2.17. The van der Waals surface area contributed by atoms with Gasteiger partial charge < -0.3 is 15.5 Å². The van der Waals surface area contributed by atoms with Gasteiger partial charge in [0.05, 0.1) is 13.1 Å². The van der Waals surface area contributed by atoms with E-state index in [0.29, 0.717) is 18.5 Å². The number of aromatic nitrogens is 2. The molecule has 1 aliphatic rings. The molecule has 3 rings (SSSR count). The fourth-order valence-electron chi connectivity index (χ4n) is 3.91. The summed E-state index contributed by atoms with van der Waals surface area (Å²) < 4.78 is 1.95. The average molecular weight is 524 g/mol. The lowest BCUT2D eigenvalue weighted by molar-refractivity contribution is 0.141. The minimum Gasteiger partial charge on any atom is -0.357 e. The van der Waals surface area contributed by atoms with Crippen LogP contribution in [0.1, 0.15) is 44.7 Å². The van der Waals surface area contributed by atoms with E-state index in [1.54, 1.807) is 0 Å². The molecule has 30 heavy (non-hydrogen) atoms. The molecule has 1 aromatic carbocycles. The van der Waals surface area contributed by atoms with E-state index in [1.807, 2.05) is 23.1 Å². The van der Waals surface area contributed by atoms with Crippen LogP contribution < -0.4 is 10.6 Å². The van der Waals surface area contributed by atoms with Crippen LogP contribution in [0.25, 0.3) is 0 Å². The van der Waals surface area contributed by atoms with E-state index in [9.17, 15) is 0 Å². The van der Waals surface area contributed by atoms with Gasteiger partial charge in [-0.15, -0.1) is 24.0 Å². The van der Waals surface area contributed by atoms with Gasteiger partial charge in [0.25, 0.3) is 0 Å². The lowest BCUT2D eigenvalue weighted by Gasteiger charge is -2.35. The SMILES string of the molecule is CCNC(=NCc1ccccc1Cn1cccn1)NCC1CCCN(C(C)C)C1.I. The van der Waals surface area contributed by atoms with E-state index in [-0.39, 0.29) is 24.0 Å². The number of hydrogen-bond acceptors (Lipinski definition) is 3. The van der Waals surface area contributed by atoms with Crippen molar-refractivity contribution in [2.24, 2.45) is 10.9 Å². The summed E-state index contributed by atoms with van der Waals surface area (Å²) in [5.74, 6) is 1.59. The van der Waals surface area contributed by atoms with Gasteiger partial charge in [-0.05, 0) is 63.3 Å². The number of hydrogen-bond donors (Lipinski definition) is 2. The molecule has 0 aliphatic carbocycles. The molecule has 1 fully saturated rings. The van der Waals surface area contributed by atoms with Crippen LogP contribution in [0, 0.1) is 5.92 Å². The van der Waals surface area contributed by atoms with Gasteiger partial charge in [0.15, 0.2) is 5.96 Å². The van der Waals surface area contributed by atoms with Gasteiger partial charge >= 0.3 is 0 Å². The number of aliphatic imine (C=N–C) groups is 1. The predicted molar refractivity (Wildman–Crippen MR) is 135 cm³/mol. The summed E-state index contributed by atoms with van der Waals surface area (Å²) in [4.78, 5) is 7.45. The number of halogens is 1. The van der Waals surface area contributed by atoms with Gasteiger partial charge in [0.2, 0.25) is 0 Å². The Labute approximate surface area is 198 Å². The number of piperidine rings is 1. The largest absolute Gasteiger partial charge is 0.357 e. The summed E-state index contributed by atoms with van der Waals surface area (Å²) in [5, 5.41) is 11.3. The van der Waals surface area contributed by atoms with Gasteiger partial charge in [-0.2, -0.15) is 5.10 Å². The molecule has 0 amide bonds. The van der Waals surface area contributed by atoms with Crippen molar-refractivity contribution in [1.82, 2.24) is 25.3 Å². The molecule has 0 saturated carbocycles. The highest BCUT2D eigenvalue weighted by molar-refractivity contribution is 14.0. The van der Waals surface area contributed by atoms with Crippen LogP contribution in [-0.4, -0.2) is 52.9 Å². The van der Waals surface area contributed by atoms with Gasteiger partial charge in [-0.25, -0.2) is 4.99 Å². The minimum absolute atomic E-state index is 0. The van der Waals surface area contributed by atoms with Gasteiger partial charge in [0, 0.05) is 38.1 Å². The summed E-state index contributed by atoms with van der Waals surface area (Å²) in [5.41, 5.74) is 2.50. The molecular weight excluding hydrogens is 487 g/mol. The zero-order chi connectivity index (χ0) is 20.5. The lowest BCUT2D eigenvalue weighted by Crippen LogP contribution is -2.46. The Morgan fingerprint density at radius 1 is 1.20 bits per heavy atom. The standard InChI is InChI=1S/C23H36N6.HI/c1-4-24-23(25-15-20-9-7-13-28(17-20)19(2)3)26-16-21-10-5-6-11-22(21)18-29-14-8-12-27-29;/h5-6,8,10-12,14,19-20H,4,7,9,13,15-18H2,1-3H3,(H2,24,25,26);1H. The molecule has 1 saturated heterocycles. The first-order valence-corrected chi connectivity index (χ1v) is 11.0. The van der Waals surface area contributed by atoms with Crippen LogP contribution >= 0.6 is 24.0 Å². The van der Waals surface area contributed by atoms with Crippen LogP contribution in [0.3, 0.4) is 0 Å². The normalized spacial score (nSPS) is 17.6. The Balaban J connectivity index is 0.00000320. The zero-order valence-corrected chi connectivity index (χ0v) is 20.9. The number of likely N-dealkylation sites (tertiary alicyclic amines) is 1. The summed E-state index contributed by atoms with van der Waals surface area (Å²) in [6.45, 7) is 12.4. The lowest BCUT2D eigenvalue weighted by atomic mass is 9.97. The second-order valence-electron chi connectivity index (χ2n) is 8.15. The molecular formula is C23H37IN6. The first-order valence-electron chi connectivity index (χ1n) is 11.0.